The molecule has 0 unspecified atom stereocenters. The fourth-order valence-electron chi connectivity index (χ4n) is 2.17. The van der Waals surface area contributed by atoms with E-state index < -0.39 is 0 Å². The molecule has 0 radical (unpaired) electrons. The van der Waals surface area contributed by atoms with Crippen molar-refractivity contribution in [2.45, 2.75) is 19.8 Å². The molecule has 1 aromatic carbocycles. The Labute approximate surface area is 142 Å². The van der Waals surface area contributed by atoms with Crippen LogP contribution in [-0.2, 0) is 0 Å². The minimum Gasteiger partial charge on any atom is -0.280 e. The average Bonchev–Trinajstić information content (AvgIpc) is 2.84. The lowest BCUT2D eigenvalue weighted by Crippen LogP contribution is -1.88. The van der Waals surface area contributed by atoms with Crippen LogP contribution in [0.2, 0.25) is 10.0 Å². The second-order valence-corrected chi connectivity index (χ2v) is 6.19. The summed E-state index contributed by atoms with van der Waals surface area (Å²) in [6.45, 7) is 3.98. The highest BCUT2D eigenvalue weighted by Gasteiger charge is 2.15. The molecule has 3 rings (SSSR count). The Morgan fingerprint density at radius 3 is 2.61 bits per heavy atom. The van der Waals surface area contributed by atoms with E-state index in [-0.39, 0.29) is 11.7 Å². The highest BCUT2D eigenvalue weighted by molar-refractivity contribution is 6.36. The van der Waals surface area contributed by atoms with Gasteiger partial charge in [-0.05, 0) is 36.2 Å². The lowest BCUT2D eigenvalue weighted by molar-refractivity contribution is 0.619. The van der Waals surface area contributed by atoms with Gasteiger partial charge in [0, 0.05) is 11.2 Å². The van der Waals surface area contributed by atoms with Crippen molar-refractivity contribution in [3.8, 4) is 0 Å². The van der Waals surface area contributed by atoms with Gasteiger partial charge in [0.25, 0.3) is 0 Å². The third-order valence-corrected chi connectivity index (χ3v) is 3.83. The van der Waals surface area contributed by atoms with Crippen LogP contribution in [-0.4, -0.2) is 9.38 Å². The first kappa shape index (κ1) is 15.9. The molecular weight excluding hydrogens is 338 g/mol. The van der Waals surface area contributed by atoms with Crippen LogP contribution in [0.15, 0.2) is 46.8 Å². The number of hydrogen-bond donors (Lipinski definition) is 0. The van der Waals surface area contributed by atoms with Gasteiger partial charge >= 0.3 is 0 Å². The van der Waals surface area contributed by atoms with Gasteiger partial charge in [0.15, 0.2) is 5.82 Å². The molecule has 0 saturated carbocycles. The van der Waals surface area contributed by atoms with E-state index in [4.69, 9.17) is 23.2 Å². The van der Waals surface area contributed by atoms with Crippen LogP contribution in [0, 0.1) is 5.82 Å². The topological polar surface area (TPSA) is 42.0 Å². The first-order valence-corrected chi connectivity index (χ1v) is 7.75. The van der Waals surface area contributed by atoms with Gasteiger partial charge in [-0.3, -0.25) is 4.40 Å². The minimum absolute atomic E-state index is 0.118. The van der Waals surface area contributed by atoms with Gasteiger partial charge in [0.05, 0.1) is 10.7 Å². The molecular formula is C16H13Cl2FN4. The standard InChI is InChI=1S/C16H13Cl2FN4/c1-9(2)15-16(23-8-11(19)4-6-14(23)20-15)22-21-13-5-3-10(17)7-12(13)18/h3-9H,1-2H3. The third-order valence-electron chi connectivity index (χ3n) is 3.29. The van der Waals surface area contributed by atoms with E-state index in [1.807, 2.05) is 13.8 Å². The fraction of sp³-hybridized carbons (Fsp3) is 0.188. The van der Waals surface area contributed by atoms with Crippen molar-refractivity contribution in [3.05, 3.63) is 58.1 Å². The zero-order chi connectivity index (χ0) is 16.6. The van der Waals surface area contributed by atoms with E-state index in [1.165, 1.54) is 12.3 Å². The molecule has 0 N–H and O–H groups in total. The first-order chi connectivity index (χ1) is 11.0. The zero-order valence-corrected chi connectivity index (χ0v) is 14.0. The van der Waals surface area contributed by atoms with Gasteiger partial charge in [-0.25, -0.2) is 9.37 Å². The Morgan fingerprint density at radius 1 is 1.13 bits per heavy atom. The van der Waals surface area contributed by atoms with Crippen LogP contribution in [0.3, 0.4) is 0 Å². The number of nitrogens with zero attached hydrogens (tertiary/aromatic N) is 4. The summed E-state index contributed by atoms with van der Waals surface area (Å²) in [7, 11) is 0. The highest BCUT2D eigenvalue weighted by Crippen LogP contribution is 2.32. The maximum atomic E-state index is 13.5. The van der Waals surface area contributed by atoms with E-state index in [9.17, 15) is 4.39 Å². The van der Waals surface area contributed by atoms with Crippen molar-refractivity contribution >= 4 is 40.4 Å². The number of halogens is 3. The van der Waals surface area contributed by atoms with Crippen molar-refractivity contribution in [2.75, 3.05) is 0 Å². The first-order valence-electron chi connectivity index (χ1n) is 7.00. The van der Waals surface area contributed by atoms with Crippen molar-refractivity contribution in [1.29, 1.82) is 0 Å². The molecule has 0 saturated heterocycles. The van der Waals surface area contributed by atoms with Crippen molar-refractivity contribution in [3.63, 3.8) is 0 Å². The van der Waals surface area contributed by atoms with Gasteiger partial charge < -0.3 is 0 Å². The fourth-order valence-corrected chi connectivity index (χ4v) is 2.62. The molecule has 118 valence electrons. The van der Waals surface area contributed by atoms with Crippen molar-refractivity contribution < 1.29 is 4.39 Å². The summed E-state index contributed by atoms with van der Waals surface area (Å²) in [4.78, 5) is 4.49. The average molecular weight is 351 g/mol. The number of fused-ring (bicyclic) bond motifs is 1. The molecule has 0 fully saturated rings. The third kappa shape index (κ3) is 3.21. The van der Waals surface area contributed by atoms with Gasteiger partial charge in [-0.15, -0.1) is 10.2 Å². The molecule has 0 bridgehead atoms. The van der Waals surface area contributed by atoms with E-state index in [2.05, 4.69) is 15.2 Å². The van der Waals surface area contributed by atoms with Gasteiger partial charge in [0.1, 0.15) is 17.2 Å². The summed E-state index contributed by atoms with van der Waals surface area (Å²) in [5.41, 5.74) is 1.84. The molecule has 2 heterocycles. The number of pyridine rings is 1. The second kappa shape index (κ2) is 6.26. The molecule has 0 amide bonds. The maximum Gasteiger partial charge on any atom is 0.183 e. The molecule has 7 heteroatoms. The highest BCUT2D eigenvalue weighted by atomic mass is 35.5. The SMILES string of the molecule is CC(C)c1nc2ccc(F)cn2c1N=Nc1ccc(Cl)cc1Cl. The van der Waals surface area contributed by atoms with Crippen LogP contribution in [0.1, 0.15) is 25.5 Å². The lowest BCUT2D eigenvalue weighted by atomic mass is 10.1. The Bertz CT molecular complexity index is 902. The molecule has 0 aliphatic rings. The molecule has 0 atom stereocenters. The largest absolute Gasteiger partial charge is 0.280 e. The summed E-state index contributed by atoms with van der Waals surface area (Å²) in [6.07, 6.45) is 1.34. The van der Waals surface area contributed by atoms with Crippen molar-refractivity contribution in [2.24, 2.45) is 10.2 Å². The molecule has 0 aliphatic heterocycles. The van der Waals surface area contributed by atoms with Crippen LogP contribution in [0.25, 0.3) is 5.65 Å². The molecule has 23 heavy (non-hydrogen) atoms. The van der Waals surface area contributed by atoms with Crippen LogP contribution >= 0.6 is 23.2 Å². The van der Waals surface area contributed by atoms with E-state index >= 15 is 0 Å². The summed E-state index contributed by atoms with van der Waals surface area (Å²) >= 11 is 12.0. The summed E-state index contributed by atoms with van der Waals surface area (Å²) in [6, 6.07) is 7.92. The Kier molecular flexibility index (Phi) is 4.33. The predicted molar refractivity (Wildman–Crippen MR) is 89.9 cm³/mol. The minimum atomic E-state index is -0.369. The molecule has 4 nitrogen and oxygen atoms in total. The number of benzene rings is 1. The number of rotatable bonds is 3. The Morgan fingerprint density at radius 2 is 1.91 bits per heavy atom. The van der Waals surface area contributed by atoms with Crippen molar-refractivity contribution in [1.82, 2.24) is 9.38 Å². The second-order valence-electron chi connectivity index (χ2n) is 5.35. The number of imidazole rings is 1. The Hall–Kier alpha value is -1.98. The number of aromatic nitrogens is 2. The van der Waals surface area contributed by atoms with Gasteiger partial charge in [-0.2, -0.15) is 0 Å². The zero-order valence-electron chi connectivity index (χ0n) is 12.5. The molecule has 0 aliphatic carbocycles. The molecule has 3 aromatic rings. The van der Waals surface area contributed by atoms with Crippen LogP contribution < -0.4 is 0 Å². The summed E-state index contributed by atoms with van der Waals surface area (Å²) < 4.78 is 15.1. The van der Waals surface area contributed by atoms with Gasteiger partial charge in [-0.1, -0.05) is 37.0 Å². The van der Waals surface area contributed by atoms with E-state index in [1.54, 1.807) is 28.7 Å². The maximum absolute atomic E-state index is 13.5. The lowest BCUT2D eigenvalue weighted by Gasteiger charge is -2.02. The quantitative estimate of drug-likeness (QED) is 0.509. The summed E-state index contributed by atoms with van der Waals surface area (Å²) in [5, 5.41) is 9.33. The van der Waals surface area contributed by atoms with E-state index in [0.29, 0.717) is 27.2 Å². The number of hydrogen-bond acceptors (Lipinski definition) is 3. The van der Waals surface area contributed by atoms with Crippen LogP contribution in [0.4, 0.5) is 15.9 Å². The monoisotopic (exact) mass is 350 g/mol. The Balaban J connectivity index is 2.12. The molecule has 2 aromatic heterocycles. The molecule has 0 spiro atoms. The smallest absolute Gasteiger partial charge is 0.183 e. The summed E-state index contributed by atoms with van der Waals surface area (Å²) in [5.74, 6) is 0.235. The number of azo groups is 1. The van der Waals surface area contributed by atoms with E-state index in [0.717, 1.165) is 5.69 Å². The predicted octanol–water partition coefficient (Wildman–Crippen LogP) is 6.32. The normalized spacial score (nSPS) is 11.9. The van der Waals surface area contributed by atoms with Crippen LogP contribution in [0.5, 0.6) is 0 Å². The van der Waals surface area contributed by atoms with Gasteiger partial charge in [0.2, 0.25) is 0 Å².